The van der Waals surface area contributed by atoms with Crippen molar-refractivity contribution >= 4 is 29.5 Å². The molecule has 0 radical (unpaired) electrons. The Labute approximate surface area is 119 Å². The normalized spacial score (nSPS) is 11.2. The third-order valence-electron chi connectivity index (χ3n) is 2.80. The zero-order valence-electron chi connectivity index (χ0n) is 12.0. The Bertz CT molecular complexity index is 441. The van der Waals surface area contributed by atoms with Crippen molar-refractivity contribution < 1.29 is 4.79 Å². The van der Waals surface area contributed by atoms with Crippen molar-refractivity contribution in [3.05, 3.63) is 17.7 Å². The number of hydrogen-bond donors (Lipinski definition) is 3. The predicted molar refractivity (Wildman–Crippen MR) is 84.2 cm³/mol. The second-order valence-electron chi connectivity index (χ2n) is 5.30. The number of rotatable bonds is 6. The highest BCUT2D eigenvalue weighted by molar-refractivity contribution is 7.99. The monoisotopic (exact) mass is 281 g/mol. The highest BCUT2D eigenvalue weighted by Gasteiger charge is 2.18. The fourth-order valence-corrected chi connectivity index (χ4v) is 2.65. The summed E-state index contributed by atoms with van der Waals surface area (Å²) in [4.78, 5) is 11.8. The molecule has 106 valence electrons. The van der Waals surface area contributed by atoms with Gasteiger partial charge in [0.15, 0.2) is 0 Å². The number of hydrogen-bond acceptors (Lipinski definition) is 4. The van der Waals surface area contributed by atoms with Gasteiger partial charge in [0, 0.05) is 25.0 Å². The summed E-state index contributed by atoms with van der Waals surface area (Å²) < 4.78 is 0. The molecule has 0 fully saturated rings. The third kappa shape index (κ3) is 4.14. The molecule has 0 aliphatic carbocycles. The van der Waals surface area contributed by atoms with Gasteiger partial charge >= 0.3 is 0 Å². The molecule has 0 atom stereocenters. The summed E-state index contributed by atoms with van der Waals surface area (Å²) in [7, 11) is 1.89. The summed E-state index contributed by atoms with van der Waals surface area (Å²) in [5, 5.41) is 5.99. The average molecular weight is 281 g/mol. The van der Waals surface area contributed by atoms with Crippen LogP contribution in [0, 0.1) is 0 Å². The van der Waals surface area contributed by atoms with Crippen molar-refractivity contribution in [2.75, 3.05) is 30.0 Å². The van der Waals surface area contributed by atoms with Crippen LogP contribution in [0.5, 0.6) is 0 Å². The Balaban J connectivity index is 3.30. The fraction of sp³-hybridized carbons (Fsp3) is 0.500. The maximum atomic E-state index is 10.8. The van der Waals surface area contributed by atoms with Crippen LogP contribution >= 0.6 is 11.8 Å². The van der Waals surface area contributed by atoms with Crippen molar-refractivity contribution in [2.24, 2.45) is 5.73 Å². The topological polar surface area (TPSA) is 67.1 Å². The summed E-state index contributed by atoms with van der Waals surface area (Å²) in [5.74, 6) is 0.817. The van der Waals surface area contributed by atoms with E-state index < -0.39 is 0 Å². The Morgan fingerprint density at radius 2 is 1.95 bits per heavy atom. The summed E-state index contributed by atoms with van der Waals surface area (Å²) in [6, 6.07) is 4.17. The first-order chi connectivity index (χ1) is 8.93. The van der Waals surface area contributed by atoms with Gasteiger partial charge in [-0.2, -0.15) is 0 Å². The first kappa shape index (κ1) is 15.9. The SMILES string of the molecule is CNc1cc(C(C)(C)C)cc(NC=O)c1SCCN. The third-order valence-corrected chi connectivity index (χ3v) is 3.97. The molecule has 19 heavy (non-hydrogen) atoms. The van der Waals surface area contributed by atoms with E-state index in [4.69, 9.17) is 5.73 Å². The van der Waals surface area contributed by atoms with Gasteiger partial charge in [-0.3, -0.25) is 4.79 Å². The minimum atomic E-state index is 0.0297. The van der Waals surface area contributed by atoms with E-state index in [1.165, 1.54) is 5.56 Å². The van der Waals surface area contributed by atoms with Crippen molar-refractivity contribution in [1.29, 1.82) is 0 Å². The molecule has 4 nitrogen and oxygen atoms in total. The fourth-order valence-electron chi connectivity index (χ4n) is 1.73. The number of nitrogens with one attached hydrogen (secondary N) is 2. The van der Waals surface area contributed by atoms with Gasteiger partial charge in [0.1, 0.15) is 0 Å². The number of nitrogens with two attached hydrogens (primary N) is 1. The zero-order chi connectivity index (χ0) is 14.5. The Hall–Kier alpha value is -1.20. The van der Waals surface area contributed by atoms with E-state index >= 15 is 0 Å². The van der Waals surface area contributed by atoms with E-state index in [1.54, 1.807) is 11.8 Å². The molecule has 1 amide bonds. The molecule has 0 aliphatic heterocycles. The first-order valence-corrected chi connectivity index (χ1v) is 7.32. The molecule has 1 rings (SSSR count). The van der Waals surface area contributed by atoms with Gasteiger partial charge in [-0.1, -0.05) is 20.8 Å². The second-order valence-corrected chi connectivity index (χ2v) is 6.40. The van der Waals surface area contributed by atoms with Gasteiger partial charge in [-0.25, -0.2) is 0 Å². The van der Waals surface area contributed by atoms with Crippen molar-refractivity contribution in [3.8, 4) is 0 Å². The quantitative estimate of drug-likeness (QED) is 0.554. The van der Waals surface area contributed by atoms with Gasteiger partial charge in [-0.15, -0.1) is 11.8 Å². The molecular weight excluding hydrogens is 258 g/mol. The molecule has 0 heterocycles. The maximum absolute atomic E-state index is 10.8. The molecule has 0 spiro atoms. The molecule has 5 heteroatoms. The van der Waals surface area contributed by atoms with Crippen LogP contribution in [0.15, 0.2) is 17.0 Å². The molecule has 0 aromatic heterocycles. The molecule has 1 aromatic carbocycles. The summed E-state index contributed by atoms with van der Waals surface area (Å²) in [6.45, 7) is 7.06. The van der Waals surface area contributed by atoms with Crippen LogP contribution in [0.2, 0.25) is 0 Å². The summed E-state index contributed by atoms with van der Waals surface area (Å²) >= 11 is 1.65. The smallest absolute Gasteiger partial charge is 0.211 e. The largest absolute Gasteiger partial charge is 0.387 e. The van der Waals surface area contributed by atoms with Gasteiger partial charge < -0.3 is 16.4 Å². The summed E-state index contributed by atoms with van der Waals surface area (Å²) in [5.41, 5.74) is 8.63. The van der Waals surface area contributed by atoms with E-state index in [9.17, 15) is 4.79 Å². The van der Waals surface area contributed by atoms with Gasteiger partial charge in [0.2, 0.25) is 6.41 Å². The minimum absolute atomic E-state index is 0.0297. The Morgan fingerprint density at radius 1 is 1.32 bits per heavy atom. The van der Waals surface area contributed by atoms with E-state index in [0.717, 1.165) is 22.0 Å². The number of carbonyl (C=O) groups excluding carboxylic acids is 1. The van der Waals surface area contributed by atoms with Crippen molar-refractivity contribution in [1.82, 2.24) is 0 Å². The molecule has 0 aliphatic rings. The van der Waals surface area contributed by atoms with Crippen LogP contribution in [0.1, 0.15) is 26.3 Å². The van der Waals surface area contributed by atoms with Crippen LogP contribution in [-0.4, -0.2) is 25.8 Å². The highest BCUT2D eigenvalue weighted by atomic mass is 32.2. The van der Waals surface area contributed by atoms with Crippen LogP contribution in [0.4, 0.5) is 11.4 Å². The van der Waals surface area contributed by atoms with E-state index in [0.29, 0.717) is 13.0 Å². The highest BCUT2D eigenvalue weighted by Crippen LogP contribution is 2.38. The van der Waals surface area contributed by atoms with Crippen LogP contribution < -0.4 is 16.4 Å². The lowest BCUT2D eigenvalue weighted by Crippen LogP contribution is -2.13. The van der Waals surface area contributed by atoms with E-state index in [-0.39, 0.29) is 5.41 Å². The minimum Gasteiger partial charge on any atom is -0.387 e. The molecule has 0 bridgehead atoms. The first-order valence-electron chi connectivity index (χ1n) is 6.33. The van der Waals surface area contributed by atoms with Gasteiger partial charge in [0.25, 0.3) is 0 Å². The van der Waals surface area contributed by atoms with Crippen LogP contribution in [-0.2, 0) is 10.2 Å². The van der Waals surface area contributed by atoms with E-state index in [2.05, 4.69) is 37.5 Å². The van der Waals surface area contributed by atoms with Crippen molar-refractivity contribution in [3.63, 3.8) is 0 Å². The lowest BCUT2D eigenvalue weighted by Gasteiger charge is -2.23. The van der Waals surface area contributed by atoms with Gasteiger partial charge in [0.05, 0.1) is 10.6 Å². The lowest BCUT2D eigenvalue weighted by atomic mass is 9.86. The summed E-state index contributed by atoms with van der Waals surface area (Å²) in [6.07, 6.45) is 0.716. The Kier molecular flexibility index (Phi) is 5.69. The standard InChI is InChI=1S/C14H23N3OS/c1-14(2,3)10-7-11(16-4)13(19-6-5-15)12(8-10)17-9-18/h7-9,16H,5-6,15H2,1-4H3,(H,17,18). The van der Waals surface area contributed by atoms with Crippen molar-refractivity contribution in [2.45, 2.75) is 31.1 Å². The number of carbonyl (C=O) groups is 1. The number of anilines is 2. The number of thioether (sulfide) groups is 1. The molecule has 1 aromatic rings. The number of benzene rings is 1. The molecular formula is C14H23N3OS. The Morgan fingerprint density at radius 3 is 2.42 bits per heavy atom. The molecule has 0 unspecified atom stereocenters. The maximum Gasteiger partial charge on any atom is 0.211 e. The average Bonchev–Trinajstić information content (AvgIpc) is 2.35. The predicted octanol–water partition coefficient (Wildman–Crippen LogP) is 2.64. The number of amides is 1. The van der Waals surface area contributed by atoms with Crippen LogP contribution in [0.25, 0.3) is 0 Å². The molecule has 4 N–H and O–H groups in total. The van der Waals surface area contributed by atoms with Gasteiger partial charge in [-0.05, 0) is 23.1 Å². The molecule has 0 saturated carbocycles. The van der Waals surface area contributed by atoms with E-state index in [1.807, 2.05) is 13.1 Å². The molecule has 0 saturated heterocycles. The lowest BCUT2D eigenvalue weighted by molar-refractivity contribution is -0.105. The zero-order valence-corrected chi connectivity index (χ0v) is 12.9. The second kappa shape index (κ2) is 6.82. The van der Waals surface area contributed by atoms with Crippen LogP contribution in [0.3, 0.4) is 0 Å².